The van der Waals surface area contributed by atoms with E-state index in [9.17, 15) is 4.79 Å². The molecule has 0 saturated carbocycles. The van der Waals surface area contributed by atoms with Crippen LogP contribution in [0, 0.1) is 0 Å². The lowest BCUT2D eigenvalue weighted by atomic mass is 10.1. The van der Waals surface area contributed by atoms with Crippen LogP contribution in [0.1, 0.15) is 49.9 Å². The molecule has 1 atom stereocenters. The Bertz CT molecular complexity index is 306. The first kappa shape index (κ1) is 12.8. The van der Waals surface area contributed by atoms with Crippen molar-refractivity contribution in [3.8, 4) is 0 Å². The number of hydrogen-bond donors (Lipinski definition) is 0. The van der Waals surface area contributed by atoms with Crippen LogP contribution in [-0.2, 0) is 4.74 Å². The third kappa shape index (κ3) is 4.47. The van der Waals surface area contributed by atoms with E-state index in [0.717, 1.165) is 12.8 Å². The van der Waals surface area contributed by atoms with Crippen LogP contribution in [0.25, 0.3) is 0 Å². The van der Waals surface area contributed by atoms with Crippen molar-refractivity contribution in [1.82, 2.24) is 0 Å². The highest BCUT2D eigenvalue weighted by Crippen LogP contribution is 2.09. The van der Waals surface area contributed by atoms with Crippen molar-refractivity contribution in [3.63, 3.8) is 0 Å². The molecule has 0 bridgehead atoms. The van der Waals surface area contributed by atoms with Crippen molar-refractivity contribution in [1.29, 1.82) is 0 Å². The molecule has 2 nitrogen and oxygen atoms in total. The van der Waals surface area contributed by atoms with Crippen LogP contribution in [0.2, 0.25) is 0 Å². The van der Waals surface area contributed by atoms with Gasteiger partial charge in [-0.05, 0) is 31.9 Å². The normalized spacial score (nSPS) is 12.1. The van der Waals surface area contributed by atoms with Gasteiger partial charge in [-0.3, -0.25) is 0 Å². The van der Waals surface area contributed by atoms with E-state index in [-0.39, 0.29) is 12.1 Å². The van der Waals surface area contributed by atoms with Crippen LogP contribution in [0.15, 0.2) is 30.3 Å². The molecule has 0 N–H and O–H groups in total. The topological polar surface area (TPSA) is 26.3 Å². The summed E-state index contributed by atoms with van der Waals surface area (Å²) >= 11 is 0. The summed E-state index contributed by atoms with van der Waals surface area (Å²) in [6, 6.07) is 9.14. The van der Waals surface area contributed by atoms with Crippen molar-refractivity contribution in [3.05, 3.63) is 35.9 Å². The van der Waals surface area contributed by atoms with Crippen molar-refractivity contribution in [2.45, 2.75) is 45.6 Å². The molecule has 1 aromatic rings. The van der Waals surface area contributed by atoms with E-state index in [1.807, 2.05) is 25.1 Å². The van der Waals surface area contributed by atoms with Gasteiger partial charge in [0, 0.05) is 0 Å². The molecule has 0 radical (unpaired) electrons. The van der Waals surface area contributed by atoms with Gasteiger partial charge in [0.15, 0.2) is 0 Å². The minimum Gasteiger partial charge on any atom is -0.459 e. The van der Waals surface area contributed by atoms with Crippen LogP contribution < -0.4 is 0 Å². The van der Waals surface area contributed by atoms with Gasteiger partial charge in [-0.1, -0.05) is 38.0 Å². The lowest BCUT2D eigenvalue weighted by Crippen LogP contribution is -2.14. The van der Waals surface area contributed by atoms with Gasteiger partial charge in [0.1, 0.15) is 0 Å². The first-order valence-corrected chi connectivity index (χ1v) is 6.00. The molecule has 0 saturated heterocycles. The molecule has 0 spiro atoms. The Hall–Kier alpha value is -1.31. The van der Waals surface area contributed by atoms with Gasteiger partial charge in [-0.2, -0.15) is 0 Å². The number of ether oxygens (including phenoxy) is 1. The number of unbranched alkanes of at least 4 members (excludes halogenated alkanes) is 2. The van der Waals surface area contributed by atoms with Crippen molar-refractivity contribution in [2.75, 3.05) is 0 Å². The fourth-order valence-corrected chi connectivity index (χ4v) is 1.57. The maximum Gasteiger partial charge on any atom is 0.338 e. The Labute approximate surface area is 97.6 Å². The van der Waals surface area contributed by atoms with Crippen molar-refractivity contribution < 1.29 is 9.53 Å². The van der Waals surface area contributed by atoms with Gasteiger partial charge in [-0.15, -0.1) is 0 Å². The number of benzene rings is 1. The van der Waals surface area contributed by atoms with E-state index in [1.165, 1.54) is 12.8 Å². The number of hydrogen-bond acceptors (Lipinski definition) is 2. The molecule has 16 heavy (non-hydrogen) atoms. The van der Waals surface area contributed by atoms with E-state index in [1.54, 1.807) is 12.1 Å². The third-order valence-corrected chi connectivity index (χ3v) is 2.53. The maximum absolute atomic E-state index is 11.7. The Morgan fingerprint density at radius 1 is 1.25 bits per heavy atom. The average Bonchev–Trinajstić information content (AvgIpc) is 2.30. The van der Waals surface area contributed by atoms with Gasteiger partial charge in [-0.25, -0.2) is 4.79 Å². The maximum atomic E-state index is 11.7. The highest BCUT2D eigenvalue weighted by atomic mass is 16.5. The molecular weight excluding hydrogens is 200 g/mol. The van der Waals surface area contributed by atoms with E-state index in [4.69, 9.17) is 4.74 Å². The zero-order valence-electron chi connectivity index (χ0n) is 10.1. The summed E-state index contributed by atoms with van der Waals surface area (Å²) in [5.74, 6) is -0.218. The second-order valence-corrected chi connectivity index (χ2v) is 4.08. The van der Waals surface area contributed by atoms with E-state index in [0.29, 0.717) is 5.56 Å². The minimum absolute atomic E-state index is 0.0132. The first-order valence-electron chi connectivity index (χ1n) is 6.00. The van der Waals surface area contributed by atoms with Crippen molar-refractivity contribution >= 4 is 5.97 Å². The van der Waals surface area contributed by atoms with Crippen LogP contribution in [0.5, 0.6) is 0 Å². The van der Waals surface area contributed by atoms with Crippen LogP contribution in [0.4, 0.5) is 0 Å². The summed E-state index contributed by atoms with van der Waals surface area (Å²) in [4.78, 5) is 11.7. The Morgan fingerprint density at radius 3 is 2.56 bits per heavy atom. The second-order valence-electron chi connectivity index (χ2n) is 4.08. The lowest BCUT2D eigenvalue weighted by Gasteiger charge is -2.12. The van der Waals surface area contributed by atoms with Crippen LogP contribution in [0.3, 0.4) is 0 Å². The third-order valence-electron chi connectivity index (χ3n) is 2.53. The fraction of sp³-hybridized carbons (Fsp3) is 0.500. The molecule has 0 aliphatic rings. The standard InChI is InChI=1S/C14H20O2/c1-3-4-6-9-12(2)16-14(15)13-10-7-5-8-11-13/h5,7-8,10-12H,3-4,6,9H2,1-2H3/t12-/m1/s1. The second kappa shape index (κ2) is 7.04. The molecule has 0 unspecified atom stereocenters. The smallest absolute Gasteiger partial charge is 0.338 e. The zero-order valence-corrected chi connectivity index (χ0v) is 10.1. The van der Waals surface area contributed by atoms with Gasteiger partial charge in [0.05, 0.1) is 11.7 Å². The van der Waals surface area contributed by atoms with E-state index < -0.39 is 0 Å². The molecule has 1 aromatic carbocycles. The summed E-state index contributed by atoms with van der Waals surface area (Å²) in [6.07, 6.45) is 4.48. The van der Waals surface area contributed by atoms with Gasteiger partial charge in [0.25, 0.3) is 0 Å². The van der Waals surface area contributed by atoms with E-state index >= 15 is 0 Å². The van der Waals surface area contributed by atoms with Gasteiger partial charge in [0.2, 0.25) is 0 Å². The monoisotopic (exact) mass is 220 g/mol. The average molecular weight is 220 g/mol. The summed E-state index contributed by atoms with van der Waals surface area (Å²) in [6.45, 7) is 4.12. The fourth-order valence-electron chi connectivity index (χ4n) is 1.57. The Balaban J connectivity index is 2.34. The number of rotatable bonds is 6. The predicted molar refractivity (Wildman–Crippen MR) is 65.5 cm³/mol. The minimum atomic E-state index is -0.218. The molecule has 0 amide bonds. The van der Waals surface area contributed by atoms with Crippen LogP contribution in [-0.4, -0.2) is 12.1 Å². The molecule has 0 aliphatic carbocycles. The molecule has 0 aromatic heterocycles. The highest BCUT2D eigenvalue weighted by molar-refractivity contribution is 5.89. The SMILES string of the molecule is CCCCC[C@@H](C)OC(=O)c1ccccc1. The van der Waals surface area contributed by atoms with Gasteiger partial charge >= 0.3 is 5.97 Å². The molecule has 1 rings (SSSR count). The quantitative estimate of drug-likeness (QED) is 0.538. The largest absolute Gasteiger partial charge is 0.459 e. The van der Waals surface area contributed by atoms with Crippen molar-refractivity contribution in [2.24, 2.45) is 0 Å². The lowest BCUT2D eigenvalue weighted by molar-refractivity contribution is 0.0319. The molecule has 0 heterocycles. The summed E-state index contributed by atoms with van der Waals surface area (Å²) in [7, 11) is 0. The number of esters is 1. The Morgan fingerprint density at radius 2 is 1.94 bits per heavy atom. The van der Waals surface area contributed by atoms with Crippen LogP contribution >= 0.6 is 0 Å². The zero-order chi connectivity index (χ0) is 11.8. The molecular formula is C14H20O2. The molecule has 88 valence electrons. The summed E-state index contributed by atoms with van der Waals surface area (Å²) < 4.78 is 5.34. The van der Waals surface area contributed by atoms with E-state index in [2.05, 4.69) is 6.92 Å². The first-order chi connectivity index (χ1) is 7.74. The summed E-state index contributed by atoms with van der Waals surface area (Å²) in [5.41, 5.74) is 0.629. The molecule has 2 heteroatoms. The highest BCUT2D eigenvalue weighted by Gasteiger charge is 2.10. The molecule has 0 aliphatic heterocycles. The van der Waals surface area contributed by atoms with Gasteiger partial charge < -0.3 is 4.74 Å². The summed E-state index contributed by atoms with van der Waals surface area (Å²) in [5, 5.41) is 0. The number of carbonyl (C=O) groups excluding carboxylic acids is 1. The Kier molecular flexibility index (Phi) is 5.62. The molecule has 0 fully saturated rings. The predicted octanol–water partition coefficient (Wildman–Crippen LogP) is 3.81. The number of carbonyl (C=O) groups is 1.